The maximum absolute atomic E-state index is 5.97. The summed E-state index contributed by atoms with van der Waals surface area (Å²) in [6, 6.07) is 0.520. The Balaban J connectivity index is 2.24. The monoisotopic (exact) mass is 269 g/mol. The summed E-state index contributed by atoms with van der Waals surface area (Å²) in [7, 11) is 0. The molecule has 5 nitrogen and oxygen atoms in total. The second kappa shape index (κ2) is 6.18. The molecule has 0 radical (unpaired) electrons. The molecule has 1 aliphatic rings. The molecular weight excluding hydrogens is 250 g/mol. The number of nitrogens with zero attached hydrogens (tertiary/aromatic N) is 4. The van der Waals surface area contributed by atoms with E-state index in [0.29, 0.717) is 17.9 Å². The van der Waals surface area contributed by atoms with Gasteiger partial charge in [-0.3, -0.25) is 0 Å². The van der Waals surface area contributed by atoms with Gasteiger partial charge in [-0.05, 0) is 44.2 Å². The quantitative estimate of drug-likeness (QED) is 0.911. The van der Waals surface area contributed by atoms with Gasteiger partial charge in [0.05, 0.1) is 0 Å². The summed E-state index contributed by atoms with van der Waals surface area (Å²) in [6.45, 7) is 5.99. The van der Waals surface area contributed by atoms with Crippen LogP contribution in [-0.2, 0) is 0 Å². The standard InChI is InChI=1S/C12H20ClN5/c1-3-9-7-5-6-8-18(9)12-16-10(13)15-11(17-12)14-4-2/h9H,3-8H2,1-2H3,(H,14,15,16,17). The summed E-state index contributed by atoms with van der Waals surface area (Å²) in [5.74, 6) is 1.27. The zero-order valence-electron chi connectivity index (χ0n) is 11.0. The summed E-state index contributed by atoms with van der Waals surface area (Å²) in [5, 5.41) is 3.35. The van der Waals surface area contributed by atoms with Crippen LogP contribution in [0.4, 0.5) is 11.9 Å². The zero-order chi connectivity index (χ0) is 13.0. The van der Waals surface area contributed by atoms with Gasteiger partial charge in [-0.25, -0.2) is 0 Å². The molecule has 1 atom stereocenters. The fraction of sp³-hybridized carbons (Fsp3) is 0.750. The molecule has 1 aromatic rings. The average molecular weight is 270 g/mol. The summed E-state index contributed by atoms with van der Waals surface area (Å²) >= 11 is 5.97. The van der Waals surface area contributed by atoms with Crippen LogP contribution in [0.3, 0.4) is 0 Å². The van der Waals surface area contributed by atoms with Crippen molar-refractivity contribution >= 4 is 23.5 Å². The summed E-state index contributed by atoms with van der Waals surface area (Å²) in [4.78, 5) is 15.1. The largest absolute Gasteiger partial charge is 0.354 e. The van der Waals surface area contributed by atoms with Crippen LogP contribution in [0, 0.1) is 0 Å². The first-order valence-electron chi connectivity index (χ1n) is 6.66. The number of anilines is 2. The van der Waals surface area contributed by atoms with Crippen LogP contribution in [0.25, 0.3) is 0 Å². The predicted molar refractivity (Wildman–Crippen MR) is 74.3 cm³/mol. The Bertz CT molecular complexity index is 398. The molecule has 2 rings (SSSR count). The molecule has 1 saturated heterocycles. The van der Waals surface area contributed by atoms with Gasteiger partial charge in [0.25, 0.3) is 0 Å². The lowest BCUT2D eigenvalue weighted by atomic mass is 10.0. The summed E-state index contributed by atoms with van der Waals surface area (Å²) in [6.07, 6.45) is 4.79. The smallest absolute Gasteiger partial charge is 0.231 e. The number of piperidine rings is 1. The van der Waals surface area contributed by atoms with Crippen molar-refractivity contribution in [1.29, 1.82) is 0 Å². The minimum Gasteiger partial charge on any atom is -0.354 e. The summed E-state index contributed by atoms with van der Waals surface area (Å²) < 4.78 is 0. The lowest BCUT2D eigenvalue weighted by Gasteiger charge is -2.35. The fourth-order valence-corrected chi connectivity index (χ4v) is 2.55. The second-order valence-electron chi connectivity index (χ2n) is 4.51. The molecule has 0 spiro atoms. The van der Waals surface area contributed by atoms with Crippen molar-refractivity contribution in [2.45, 2.75) is 45.6 Å². The van der Waals surface area contributed by atoms with Gasteiger partial charge in [0.1, 0.15) is 0 Å². The van der Waals surface area contributed by atoms with Gasteiger partial charge in [-0.15, -0.1) is 0 Å². The highest BCUT2D eigenvalue weighted by Crippen LogP contribution is 2.24. The van der Waals surface area contributed by atoms with Crippen LogP contribution in [0.1, 0.15) is 39.5 Å². The van der Waals surface area contributed by atoms with Gasteiger partial charge in [-0.2, -0.15) is 15.0 Å². The first-order chi connectivity index (χ1) is 8.74. The normalized spacial score (nSPS) is 19.9. The predicted octanol–water partition coefficient (Wildman–Crippen LogP) is 2.73. The third-order valence-corrected chi connectivity index (χ3v) is 3.46. The van der Waals surface area contributed by atoms with E-state index in [0.717, 1.165) is 19.5 Å². The van der Waals surface area contributed by atoms with E-state index in [1.807, 2.05) is 6.92 Å². The minimum atomic E-state index is 0.261. The molecule has 0 aliphatic carbocycles. The van der Waals surface area contributed by atoms with Gasteiger partial charge in [0, 0.05) is 19.1 Å². The Hall–Kier alpha value is -1.10. The molecule has 1 fully saturated rings. The highest BCUT2D eigenvalue weighted by molar-refractivity contribution is 6.28. The lowest BCUT2D eigenvalue weighted by molar-refractivity contribution is 0.443. The van der Waals surface area contributed by atoms with Crippen LogP contribution in [0.15, 0.2) is 0 Å². The molecule has 0 aromatic carbocycles. The number of halogens is 1. The molecule has 100 valence electrons. The van der Waals surface area contributed by atoms with Gasteiger partial charge < -0.3 is 10.2 Å². The van der Waals surface area contributed by atoms with Gasteiger partial charge >= 0.3 is 0 Å². The third kappa shape index (κ3) is 3.02. The highest BCUT2D eigenvalue weighted by atomic mass is 35.5. The second-order valence-corrected chi connectivity index (χ2v) is 4.85. The van der Waals surface area contributed by atoms with Crippen molar-refractivity contribution in [3.05, 3.63) is 5.28 Å². The van der Waals surface area contributed by atoms with E-state index in [1.54, 1.807) is 0 Å². The van der Waals surface area contributed by atoms with Crippen LogP contribution >= 0.6 is 11.6 Å². The lowest BCUT2D eigenvalue weighted by Crippen LogP contribution is -2.40. The van der Waals surface area contributed by atoms with Gasteiger partial charge in [0.2, 0.25) is 17.2 Å². The van der Waals surface area contributed by atoms with Gasteiger partial charge in [0.15, 0.2) is 0 Å². The molecule has 0 bridgehead atoms. The summed E-state index contributed by atoms with van der Waals surface area (Å²) in [5.41, 5.74) is 0. The topological polar surface area (TPSA) is 53.9 Å². The van der Waals surface area contributed by atoms with Crippen molar-refractivity contribution in [2.75, 3.05) is 23.3 Å². The Morgan fingerprint density at radius 3 is 2.83 bits per heavy atom. The molecular formula is C12H20ClN5. The van der Waals surface area contributed by atoms with Crippen LogP contribution in [-0.4, -0.2) is 34.1 Å². The number of aromatic nitrogens is 3. The molecule has 1 N–H and O–H groups in total. The molecule has 6 heteroatoms. The Morgan fingerprint density at radius 2 is 2.11 bits per heavy atom. The van der Waals surface area contributed by atoms with E-state index in [1.165, 1.54) is 19.3 Å². The van der Waals surface area contributed by atoms with E-state index in [-0.39, 0.29) is 5.28 Å². The van der Waals surface area contributed by atoms with Crippen molar-refractivity contribution in [3.8, 4) is 0 Å². The van der Waals surface area contributed by atoms with Crippen molar-refractivity contribution in [2.24, 2.45) is 0 Å². The number of rotatable bonds is 4. The van der Waals surface area contributed by atoms with Crippen molar-refractivity contribution < 1.29 is 0 Å². The first-order valence-corrected chi connectivity index (χ1v) is 7.04. The van der Waals surface area contributed by atoms with E-state index >= 15 is 0 Å². The van der Waals surface area contributed by atoms with E-state index in [2.05, 4.69) is 32.1 Å². The molecule has 0 amide bonds. The zero-order valence-corrected chi connectivity index (χ0v) is 11.7. The maximum Gasteiger partial charge on any atom is 0.231 e. The highest BCUT2D eigenvalue weighted by Gasteiger charge is 2.24. The van der Waals surface area contributed by atoms with Crippen LogP contribution in [0.5, 0.6) is 0 Å². The average Bonchev–Trinajstić information content (AvgIpc) is 2.38. The number of nitrogens with one attached hydrogen (secondary N) is 1. The molecule has 1 unspecified atom stereocenters. The van der Waals surface area contributed by atoms with E-state index in [9.17, 15) is 0 Å². The number of hydrogen-bond donors (Lipinski definition) is 1. The van der Waals surface area contributed by atoms with Crippen LogP contribution < -0.4 is 10.2 Å². The number of hydrogen-bond acceptors (Lipinski definition) is 5. The SMILES string of the molecule is CCNc1nc(Cl)nc(N2CCCCC2CC)n1. The molecule has 2 heterocycles. The van der Waals surface area contributed by atoms with Crippen molar-refractivity contribution in [1.82, 2.24) is 15.0 Å². The molecule has 1 aliphatic heterocycles. The molecule has 0 saturated carbocycles. The van der Waals surface area contributed by atoms with Crippen molar-refractivity contribution in [3.63, 3.8) is 0 Å². The molecule has 1 aromatic heterocycles. The van der Waals surface area contributed by atoms with Crippen LogP contribution in [0.2, 0.25) is 5.28 Å². The Kier molecular flexibility index (Phi) is 4.58. The van der Waals surface area contributed by atoms with E-state index in [4.69, 9.17) is 11.6 Å². The Morgan fingerprint density at radius 1 is 1.28 bits per heavy atom. The molecule has 18 heavy (non-hydrogen) atoms. The first kappa shape index (κ1) is 13.3. The minimum absolute atomic E-state index is 0.261. The van der Waals surface area contributed by atoms with Gasteiger partial charge in [-0.1, -0.05) is 6.92 Å². The third-order valence-electron chi connectivity index (χ3n) is 3.29. The maximum atomic E-state index is 5.97. The Labute approximate surface area is 113 Å². The van der Waals surface area contributed by atoms with E-state index < -0.39 is 0 Å². The fourth-order valence-electron chi connectivity index (χ4n) is 2.39.